The summed E-state index contributed by atoms with van der Waals surface area (Å²) in [7, 11) is 0. The molecule has 2 aliphatic heterocycles. The topological polar surface area (TPSA) is 56.7 Å². The highest BCUT2D eigenvalue weighted by atomic mass is 19.1. The van der Waals surface area contributed by atoms with Crippen molar-refractivity contribution in [2.75, 3.05) is 23.3 Å². The number of nitrogens with one attached hydrogen (secondary N) is 2. The molecule has 2 N–H and O–H groups in total. The van der Waals surface area contributed by atoms with Crippen LogP contribution in [-0.2, 0) is 4.79 Å². The Morgan fingerprint density at radius 3 is 2.57 bits per heavy atom. The Morgan fingerprint density at radius 2 is 1.86 bits per heavy atom. The predicted octanol–water partition coefficient (Wildman–Crippen LogP) is 3.59. The highest BCUT2D eigenvalue weighted by Gasteiger charge is 2.29. The number of nitrogens with zero attached hydrogens (tertiary/aromatic N) is 2. The van der Waals surface area contributed by atoms with Crippen molar-refractivity contribution < 1.29 is 13.6 Å². The highest BCUT2D eigenvalue weighted by Crippen LogP contribution is 2.33. The zero-order chi connectivity index (χ0) is 19.8. The van der Waals surface area contributed by atoms with Gasteiger partial charge in [-0.1, -0.05) is 0 Å². The second-order valence-corrected chi connectivity index (χ2v) is 7.49. The van der Waals surface area contributed by atoms with Crippen LogP contribution in [0.2, 0.25) is 0 Å². The van der Waals surface area contributed by atoms with E-state index in [1.165, 1.54) is 30.5 Å². The minimum atomic E-state index is -0.691. The minimum absolute atomic E-state index is 0.273. The van der Waals surface area contributed by atoms with Crippen molar-refractivity contribution >= 4 is 29.2 Å². The van der Waals surface area contributed by atoms with Gasteiger partial charge in [0.25, 0.3) is 0 Å². The zero-order valence-corrected chi connectivity index (χ0v) is 15.7. The second kappa shape index (κ2) is 7.31. The number of hydrogen-bond acceptors (Lipinski definition) is 4. The number of halogens is 2. The number of aliphatic imine (C=N–C) groups is 1. The van der Waals surface area contributed by atoms with Crippen molar-refractivity contribution in [3.8, 4) is 0 Å². The van der Waals surface area contributed by atoms with E-state index >= 15 is 0 Å². The number of rotatable bonds is 3. The van der Waals surface area contributed by atoms with Gasteiger partial charge in [-0.05, 0) is 49.7 Å². The molecule has 28 heavy (non-hydrogen) atoms. The van der Waals surface area contributed by atoms with Crippen molar-refractivity contribution in [2.45, 2.75) is 31.8 Å². The maximum atomic E-state index is 14.7. The number of benzene rings is 2. The van der Waals surface area contributed by atoms with E-state index in [2.05, 4.69) is 29.5 Å². The van der Waals surface area contributed by atoms with Gasteiger partial charge < -0.3 is 15.5 Å². The lowest BCUT2D eigenvalue weighted by atomic mass is 10.0. The van der Waals surface area contributed by atoms with Crippen molar-refractivity contribution in [3.05, 3.63) is 53.6 Å². The van der Waals surface area contributed by atoms with Gasteiger partial charge in [-0.3, -0.25) is 9.79 Å². The average molecular weight is 384 g/mol. The lowest BCUT2D eigenvalue weighted by molar-refractivity contribution is -0.115. The zero-order valence-electron chi connectivity index (χ0n) is 15.7. The summed E-state index contributed by atoms with van der Waals surface area (Å²) in [6.45, 7) is 5.61. The predicted molar refractivity (Wildman–Crippen MR) is 107 cm³/mol. The summed E-state index contributed by atoms with van der Waals surface area (Å²) in [4.78, 5) is 18.4. The molecular formula is C21H22F2N4O. The van der Waals surface area contributed by atoms with Crippen LogP contribution in [0.4, 0.5) is 25.8 Å². The van der Waals surface area contributed by atoms with Crippen LogP contribution in [0.25, 0.3) is 0 Å². The van der Waals surface area contributed by atoms with E-state index in [9.17, 15) is 13.6 Å². The maximum absolute atomic E-state index is 14.7. The van der Waals surface area contributed by atoms with Crippen LogP contribution in [0.3, 0.4) is 0 Å². The van der Waals surface area contributed by atoms with Gasteiger partial charge >= 0.3 is 0 Å². The molecule has 146 valence electrons. The molecule has 2 aromatic rings. The van der Waals surface area contributed by atoms with E-state index in [1.807, 2.05) is 4.90 Å². The summed E-state index contributed by atoms with van der Waals surface area (Å²) >= 11 is 0. The summed E-state index contributed by atoms with van der Waals surface area (Å²) in [6.07, 6.45) is 1.43. The Hall–Kier alpha value is -2.80. The fourth-order valence-electron chi connectivity index (χ4n) is 3.92. The fraction of sp³-hybridized carbons (Fsp3) is 0.333. The first-order valence-electron chi connectivity index (χ1n) is 9.36. The Morgan fingerprint density at radius 1 is 1.11 bits per heavy atom. The van der Waals surface area contributed by atoms with Gasteiger partial charge in [0.1, 0.15) is 17.6 Å². The number of piperazine rings is 1. The Balaban J connectivity index is 1.54. The van der Waals surface area contributed by atoms with Crippen LogP contribution in [0.5, 0.6) is 0 Å². The summed E-state index contributed by atoms with van der Waals surface area (Å²) in [5, 5.41) is 6.12. The largest absolute Gasteiger partial charge is 0.366 e. The first kappa shape index (κ1) is 18.6. The smallest absolute Gasteiger partial charge is 0.237 e. The molecule has 0 radical (unpaired) electrons. The molecule has 0 saturated carbocycles. The first-order chi connectivity index (χ1) is 13.4. The van der Waals surface area contributed by atoms with Crippen molar-refractivity contribution in [1.29, 1.82) is 0 Å². The van der Waals surface area contributed by atoms with Crippen LogP contribution >= 0.6 is 0 Å². The molecule has 2 aromatic carbocycles. The average Bonchev–Trinajstić information content (AvgIpc) is 2.93. The van der Waals surface area contributed by atoms with Gasteiger partial charge in [-0.25, -0.2) is 8.78 Å². The summed E-state index contributed by atoms with van der Waals surface area (Å²) in [5.41, 5.74) is 2.07. The van der Waals surface area contributed by atoms with E-state index in [4.69, 9.17) is 0 Å². The highest BCUT2D eigenvalue weighted by molar-refractivity contribution is 6.12. The van der Waals surface area contributed by atoms with E-state index in [0.29, 0.717) is 22.6 Å². The van der Waals surface area contributed by atoms with Crippen LogP contribution < -0.4 is 15.5 Å². The fourth-order valence-corrected chi connectivity index (χ4v) is 3.92. The molecule has 0 bridgehead atoms. The standard InChI is InChI=1S/C21H22F2N4O/c1-12-10-27(11-13(2)25-12)20-6-4-15(8-18(20)23)24-9-17-16-7-14(22)3-5-19(16)26-21(17)28/h3-9,12-13,17,25H,10-11H2,1-2H3,(H,26,28). The minimum Gasteiger partial charge on any atom is -0.366 e. The number of carbonyl (C=O) groups is 1. The van der Waals surface area contributed by atoms with Gasteiger partial charge in [0.05, 0.1) is 11.4 Å². The normalized spacial score (nSPS) is 24.5. The molecule has 4 rings (SSSR count). The molecule has 1 saturated heterocycles. The van der Waals surface area contributed by atoms with Gasteiger partial charge in [0.2, 0.25) is 5.91 Å². The SMILES string of the molecule is CC1CN(c2ccc(N=CC3C(=O)Nc4ccc(F)cc43)cc2F)CC(C)N1. The molecule has 2 heterocycles. The van der Waals surface area contributed by atoms with E-state index in [0.717, 1.165) is 13.1 Å². The van der Waals surface area contributed by atoms with Gasteiger partial charge in [0.15, 0.2) is 0 Å². The Labute approximate surface area is 162 Å². The molecule has 3 atom stereocenters. The number of fused-ring (bicyclic) bond motifs is 1. The number of carbonyl (C=O) groups excluding carboxylic acids is 1. The second-order valence-electron chi connectivity index (χ2n) is 7.49. The number of hydrogen-bond donors (Lipinski definition) is 2. The van der Waals surface area contributed by atoms with Crippen LogP contribution in [0, 0.1) is 11.6 Å². The van der Waals surface area contributed by atoms with Crippen molar-refractivity contribution in [1.82, 2.24) is 5.32 Å². The molecule has 0 spiro atoms. The van der Waals surface area contributed by atoms with E-state index < -0.39 is 11.7 Å². The number of anilines is 2. The summed E-state index contributed by atoms with van der Waals surface area (Å²) < 4.78 is 28.2. The molecule has 0 aliphatic carbocycles. The molecular weight excluding hydrogens is 362 g/mol. The Bertz CT molecular complexity index is 936. The lowest BCUT2D eigenvalue weighted by Crippen LogP contribution is -2.54. The molecule has 2 aliphatic rings. The van der Waals surface area contributed by atoms with Crippen LogP contribution in [0.15, 0.2) is 41.4 Å². The molecule has 3 unspecified atom stereocenters. The third-order valence-electron chi connectivity index (χ3n) is 5.09. The molecule has 7 heteroatoms. The van der Waals surface area contributed by atoms with E-state index in [1.54, 1.807) is 12.1 Å². The van der Waals surface area contributed by atoms with Gasteiger partial charge in [0, 0.05) is 43.1 Å². The molecule has 5 nitrogen and oxygen atoms in total. The molecule has 0 aromatic heterocycles. The summed E-state index contributed by atoms with van der Waals surface area (Å²) in [6, 6.07) is 9.51. The first-order valence-corrected chi connectivity index (χ1v) is 9.36. The quantitative estimate of drug-likeness (QED) is 0.796. The van der Waals surface area contributed by atoms with E-state index in [-0.39, 0.29) is 23.8 Å². The van der Waals surface area contributed by atoms with Crippen molar-refractivity contribution in [2.24, 2.45) is 4.99 Å². The Kier molecular flexibility index (Phi) is 4.85. The number of amides is 1. The van der Waals surface area contributed by atoms with Crippen molar-refractivity contribution in [3.63, 3.8) is 0 Å². The third kappa shape index (κ3) is 3.62. The molecule has 1 amide bonds. The van der Waals surface area contributed by atoms with Gasteiger partial charge in [-0.15, -0.1) is 0 Å². The summed E-state index contributed by atoms with van der Waals surface area (Å²) in [5.74, 6) is -1.73. The third-order valence-corrected chi connectivity index (χ3v) is 5.09. The maximum Gasteiger partial charge on any atom is 0.237 e. The van der Waals surface area contributed by atoms with Gasteiger partial charge in [-0.2, -0.15) is 0 Å². The van der Waals surface area contributed by atoms with Crippen LogP contribution in [0.1, 0.15) is 25.3 Å². The van der Waals surface area contributed by atoms with Crippen LogP contribution in [-0.4, -0.2) is 37.3 Å². The lowest BCUT2D eigenvalue weighted by Gasteiger charge is -2.37. The monoisotopic (exact) mass is 384 g/mol. The molecule has 1 fully saturated rings.